The van der Waals surface area contributed by atoms with Crippen LogP contribution in [-0.2, 0) is 0 Å². The summed E-state index contributed by atoms with van der Waals surface area (Å²) in [6, 6.07) is 5.94. The summed E-state index contributed by atoms with van der Waals surface area (Å²) < 4.78 is 5.25. The van der Waals surface area contributed by atoms with Crippen LogP contribution in [0.3, 0.4) is 0 Å². The number of nitrogens with zero attached hydrogens (tertiary/aromatic N) is 2. The summed E-state index contributed by atoms with van der Waals surface area (Å²) in [7, 11) is 3.53. The molecule has 0 aliphatic carbocycles. The minimum absolute atomic E-state index is 0.718. The lowest BCUT2D eigenvalue weighted by Crippen LogP contribution is -1.99. The third-order valence-corrected chi connectivity index (χ3v) is 2.86. The van der Waals surface area contributed by atoms with E-state index in [-0.39, 0.29) is 0 Å². The number of benzene rings is 1. The third-order valence-electron chi connectivity index (χ3n) is 2.86. The molecule has 0 bridgehead atoms. The van der Waals surface area contributed by atoms with Crippen LogP contribution in [0.5, 0.6) is 5.75 Å². The molecular weight excluding hydrogens is 226 g/mol. The molecule has 1 aromatic heterocycles. The Labute approximate surface area is 107 Å². The van der Waals surface area contributed by atoms with Crippen molar-refractivity contribution in [3.63, 3.8) is 0 Å². The standard InChI is InChI=1S/C14H17N3O/c1-9-7-11(5-6-12(9)18-4)14-16-8-10(2)13(15-3)17-14/h5-8H,1-4H3,(H,15,16,17). The van der Waals surface area contributed by atoms with Crippen molar-refractivity contribution in [2.24, 2.45) is 0 Å². The van der Waals surface area contributed by atoms with Gasteiger partial charge in [0, 0.05) is 24.4 Å². The van der Waals surface area contributed by atoms with Gasteiger partial charge in [0.25, 0.3) is 0 Å². The van der Waals surface area contributed by atoms with Crippen LogP contribution in [-0.4, -0.2) is 24.1 Å². The number of aryl methyl sites for hydroxylation is 2. The normalized spacial score (nSPS) is 10.2. The average molecular weight is 243 g/mol. The molecule has 4 heteroatoms. The smallest absolute Gasteiger partial charge is 0.161 e. The highest BCUT2D eigenvalue weighted by molar-refractivity contribution is 5.61. The van der Waals surface area contributed by atoms with E-state index in [0.717, 1.165) is 34.1 Å². The molecule has 1 heterocycles. The number of rotatable bonds is 3. The topological polar surface area (TPSA) is 47.0 Å². The zero-order valence-electron chi connectivity index (χ0n) is 11.1. The number of nitrogens with one attached hydrogen (secondary N) is 1. The van der Waals surface area contributed by atoms with E-state index in [9.17, 15) is 0 Å². The Morgan fingerprint density at radius 1 is 1.17 bits per heavy atom. The summed E-state index contributed by atoms with van der Waals surface area (Å²) in [5.74, 6) is 2.45. The molecule has 0 aliphatic rings. The van der Waals surface area contributed by atoms with Gasteiger partial charge in [-0.2, -0.15) is 0 Å². The fourth-order valence-electron chi connectivity index (χ4n) is 1.85. The zero-order chi connectivity index (χ0) is 13.1. The fourth-order valence-corrected chi connectivity index (χ4v) is 1.85. The minimum Gasteiger partial charge on any atom is -0.496 e. The maximum Gasteiger partial charge on any atom is 0.161 e. The van der Waals surface area contributed by atoms with Gasteiger partial charge in [0.1, 0.15) is 11.6 Å². The molecule has 1 N–H and O–H groups in total. The second kappa shape index (κ2) is 5.04. The maximum absolute atomic E-state index is 5.25. The number of anilines is 1. The highest BCUT2D eigenvalue weighted by Crippen LogP contribution is 2.24. The van der Waals surface area contributed by atoms with E-state index in [4.69, 9.17) is 4.74 Å². The van der Waals surface area contributed by atoms with E-state index in [1.807, 2.05) is 45.3 Å². The van der Waals surface area contributed by atoms with Crippen molar-refractivity contribution in [3.8, 4) is 17.1 Å². The quantitative estimate of drug-likeness (QED) is 0.900. The van der Waals surface area contributed by atoms with Gasteiger partial charge in [-0.1, -0.05) is 0 Å². The highest BCUT2D eigenvalue weighted by atomic mass is 16.5. The first-order chi connectivity index (χ1) is 8.65. The van der Waals surface area contributed by atoms with E-state index in [2.05, 4.69) is 15.3 Å². The average Bonchev–Trinajstić information content (AvgIpc) is 2.39. The van der Waals surface area contributed by atoms with Crippen molar-refractivity contribution in [3.05, 3.63) is 35.5 Å². The molecule has 0 amide bonds. The van der Waals surface area contributed by atoms with Gasteiger partial charge in [-0.3, -0.25) is 0 Å². The van der Waals surface area contributed by atoms with Crippen molar-refractivity contribution in [2.75, 3.05) is 19.5 Å². The molecular formula is C14H17N3O. The van der Waals surface area contributed by atoms with Crippen molar-refractivity contribution in [1.29, 1.82) is 0 Å². The summed E-state index contributed by atoms with van der Waals surface area (Å²) in [5.41, 5.74) is 3.10. The number of hydrogen-bond donors (Lipinski definition) is 1. The van der Waals surface area contributed by atoms with Crippen molar-refractivity contribution in [1.82, 2.24) is 9.97 Å². The SMILES string of the molecule is CNc1nc(-c2ccc(OC)c(C)c2)ncc1C. The lowest BCUT2D eigenvalue weighted by Gasteiger charge is -2.09. The molecule has 0 saturated heterocycles. The summed E-state index contributed by atoms with van der Waals surface area (Å²) in [6.07, 6.45) is 1.83. The monoisotopic (exact) mass is 243 g/mol. The molecule has 0 radical (unpaired) electrons. The summed E-state index contributed by atoms with van der Waals surface area (Å²) in [6.45, 7) is 3.99. The second-order valence-electron chi connectivity index (χ2n) is 4.16. The Kier molecular flexibility index (Phi) is 3.46. The minimum atomic E-state index is 0.718. The second-order valence-corrected chi connectivity index (χ2v) is 4.16. The number of hydrogen-bond acceptors (Lipinski definition) is 4. The summed E-state index contributed by atoms with van der Waals surface area (Å²) >= 11 is 0. The van der Waals surface area contributed by atoms with E-state index in [0.29, 0.717) is 0 Å². The van der Waals surface area contributed by atoms with Gasteiger partial charge in [0.15, 0.2) is 5.82 Å². The van der Waals surface area contributed by atoms with Gasteiger partial charge >= 0.3 is 0 Å². The first-order valence-electron chi connectivity index (χ1n) is 5.82. The molecule has 0 fully saturated rings. The largest absolute Gasteiger partial charge is 0.496 e. The maximum atomic E-state index is 5.25. The van der Waals surface area contributed by atoms with E-state index < -0.39 is 0 Å². The van der Waals surface area contributed by atoms with Crippen molar-refractivity contribution < 1.29 is 4.74 Å². The molecule has 0 spiro atoms. The Balaban J connectivity index is 2.45. The Morgan fingerprint density at radius 3 is 2.56 bits per heavy atom. The number of aromatic nitrogens is 2. The first-order valence-corrected chi connectivity index (χ1v) is 5.82. The van der Waals surface area contributed by atoms with Crippen LogP contribution >= 0.6 is 0 Å². The van der Waals surface area contributed by atoms with E-state index in [1.165, 1.54) is 0 Å². The van der Waals surface area contributed by atoms with Crippen molar-refractivity contribution in [2.45, 2.75) is 13.8 Å². The third kappa shape index (κ3) is 2.27. The molecule has 18 heavy (non-hydrogen) atoms. The van der Waals surface area contributed by atoms with Crippen molar-refractivity contribution >= 4 is 5.82 Å². The molecule has 0 saturated carbocycles. The predicted molar refractivity (Wildman–Crippen MR) is 73.0 cm³/mol. The number of ether oxygens (including phenoxy) is 1. The van der Waals surface area contributed by atoms with Crippen LogP contribution in [0.25, 0.3) is 11.4 Å². The number of methoxy groups -OCH3 is 1. The molecule has 0 unspecified atom stereocenters. The molecule has 2 rings (SSSR count). The Hall–Kier alpha value is -2.10. The highest BCUT2D eigenvalue weighted by Gasteiger charge is 2.07. The zero-order valence-corrected chi connectivity index (χ0v) is 11.1. The summed E-state index contributed by atoms with van der Waals surface area (Å²) in [5, 5.41) is 3.07. The van der Waals surface area contributed by atoms with E-state index >= 15 is 0 Å². The van der Waals surface area contributed by atoms with Gasteiger partial charge in [-0.25, -0.2) is 9.97 Å². The predicted octanol–water partition coefficient (Wildman–Crippen LogP) is 2.81. The lowest BCUT2D eigenvalue weighted by atomic mass is 10.1. The van der Waals surface area contributed by atoms with Gasteiger partial charge in [0.2, 0.25) is 0 Å². The van der Waals surface area contributed by atoms with Gasteiger partial charge in [-0.15, -0.1) is 0 Å². The van der Waals surface area contributed by atoms with Crippen LogP contribution in [0.2, 0.25) is 0 Å². The Morgan fingerprint density at radius 2 is 1.94 bits per heavy atom. The van der Waals surface area contributed by atoms with Crippen LogP contribution in [0.4, 0.5) is 5.82 Å². The Bertz CT molecular complexity index is 567. The fraction of sp³-hybridized carbons (Fsp3) is 0.286. The first kappa shape index (κ1) is 12.4. The summed E-state index contributed by atoms with van der Waals surface area (Å²) in [4.78, 5) is 8.86. The van der Waals surface area contributed by atoms with Gasteiger partial charge in [0.05, 0.1) is 7.11 Å². The van der Waals surface area contributed by atoms with Crippen LogP contribution in [0.15, 0.2) is 24.4 Å². The van der Waals surface area contributed by atoms with Gasteiger partial charge in [-0.05, 0) is 37.6 Å². The van der Waals surface area contributed by atoms with Crippen LogP contribution < -0.4 is 10.1 Å². The lowest BCUT2D eigenvalue weighted by molar-refractivity contribution is 0.412. The molecule has 94 valence electrons. The molecule has 0 aliphatic heterocycles. The molecule has 0 atom stereocenters. The molecule has 1 aromatic carbocycles. The van der Waals surface area contributed by atoms with Crippen LogP contribution in [0, 0.1) is 13.8 Å². The molecule has 4 nitrogen and oxygen atoms in total. The van der Waals surface area contributed by atoms with Crippen LogP contribution in [0.1, 0.15) is 11.1 Å². The molecule has 2 aromatic rings. The van der Waals surface area contributed by atoms with Gasteiger partial charge < -0.3 is 10.1 Å². The van der Waals surface area contributed by atoms with E-state index in [1.54, 1.807) is 7.11 Å².